The van der Waals surface area contributed by atoms with Gasteiger partial charge in [-0.3, -0.25) is 0 Å². The minimum absolute atomic E-state index is 0.0332. The van der Waals surface area contributed by atoms with Crippen LogP contribution in [0.25, 0.3) is 0 Å². The predicted molar refractivity (Wildman–Crippen MR) is 126 cm³/mol. The van der Waals surface area contributed by atoms with Gasteiger partial charge in [0.2, 0.25) is 0 Å². The zero-order valence-corrected chi connectivity index (χ0v) is 21.4. The summed E-state index contributed by atoms with van der Waals surface area (Å²) in [4.78, 5) is 0. The number of hydrogen-bond donors (Lipinski definition) is 1. The van der Waals surface area contributed by atoms with Crippen LogP contribution in [0.1, 0.15) is 104 Å². The third kappa shape index (κ3) is 12.2. The fourth-order valence-electron chi connectivity index (χ4n) is 4.19. The van der Waals surface area contributed by atoms with Gasteiger partial charge >= 0.3 is 9.28 Å². The Bertz CT molecular complexity index is 373. The molecule has 1 aliphatic carbocycles. The molecule has 4 unspecified atom stereocenters. The van der Waals surface area contributed by atoms with Crippen molar-refractivity contribution < 1.29 is 23.4 Å². The molecule has 0 aromatic rings. The molecule has 1 N–H and O–H groups in total. The lowest BCUT2D eigenvalue weighted by Crippen LogP contribution is -2.43. The first kappa shape index (κ1) is 28.1. The molecule has 1 fully saturated rings. The van der Waals surface area contributed by atoms with Gasteiger partial charge in [0.1, 0.15) is 0 Å². The van der Waals surface area contributed by atoms with E-state index in [1.54, 1.807) is 7.11 Å². The maximum atomic E-state index is 10.4. The summed E-state index contributed by atoms with van der Waals surface area (Å²) < 4.78 is 24.5. The minimum Gasteiger partial charge on any atom is -0.395 e. The number of aliphatic hydroxyl groups excluding tert-OH is 1. The van der Waals surface area contributed by atoms with Gasteiger partial charge < -0.3 is 23.4 Å². The molecule has 0 amide bonds. The Morgan fingerprint density at radius 2 is 1.40 bits per heavy atom. The van der Waals surface area contributed by atoms with Crippen molar-refractivity contribution in [1.29, 1.82) is 0 Å². The molecule has 0 radical (unpaired) electrons. The van der Waals surface area contributed by atoms with Crippen molar-refractivity contribution in [3.05, 3.63) is 0 Å². The molecule has 1 aliphatic rings. The van der Waals surface area contributed by atoms with Crippen molar-refractivity contribution in [3.63, 3.8) is 0 Å². The number of rotatable bonds is 19. The molecule has 4 atom stereocenters. The highest BCUT2D eigenvalue weighted by Crippen LogP contribution is 2.31. The van der Waals surface area contributed by atoms with Crippen molar-refractivity contribution in [2.45, 2.75) is 122 Å². The molecule has 1 rings (SSSR count). The molecule has 6 heteroatoms. The van der Waals surface area contributed by atoms with Crippen molar-refractivity contribution in [2.24, 2.45) is 5.92 Å². The molecule has 0 bridgehead atoms. The van der Waals surface area contributed by atoms with E-state index in [4.69, 9.17) is 18.3 Å². The Hall–Kier alpha value is 0.0169. The topological polar surface area (TPSA) is 57.2 Å². The third-order valence-electron chi connectivity index (χ3n) is 6.18. The second-order valence-electron chi connectivity index (χ2n) is 8.90. The minimum atomic E-state index is -1.90. The smallest absolute Gasteiger partial charge is 0.351 e. The van der Waals surface area contributed by atoms with Crippen molar-refractivity contribution in [1.82, 2.24) is 0 Å². The van der Waals surface area contributed by atoms with Crippen LogP contribution in [-0.2, 0) is 18.3 Å². The number of aliphatic hydroxyl groups is 1. The van der Waals surface area contributed by atoms with Crippen LogP contribution >= 0.6 is 0 Å². The third-order valence-corrected chi connectivity index (χ3v) is 8.46. The first-order valence-corrected chi connectivity index (χ1v) is 14.3. The van der Waals surface area contributed by atoms with E-state index in [1.807, 2.05) is 0 Å². The Balaban J connectivity index is 2.55. The zero-order valence-electron chi connectivity index (χ0n) is 20.3. The largest absolute Gasteiger partial charge is 0.395 e. The first-order valence-electron chi connectivity index (χ1n) is 12.7. The van der Waals surface area contributed by atoms with Gasteiger partial charge in [0, 0.05) is 26.9 Å². The zero-order chi connectivity index (χ0) is 22.0. The van der Waals surface area contributed by atoms with Crippen molar-refractivity contribution >= 4 is 9.28 Å². The van der Waals surface area contributed by atoms with Crippen LogP contribution in [0.5, 0.6) is 0 Å². The van der Waals surface area contributed by atoms with Crippen LogP contribution in [0.4, 0.5) is 0 Å². The molecule has 0 saturated heterocycles. The highest BCUT2D eigenvalue weighted by molar-refractivity contribution is 6.46. The van der Waals surface area contributed by atoms with E-state index in [0.717, 1.165) is 64.8 Å². The summed E-state index contributed by atoms with van der Waals surface area (Å²) in [5.74, 6) is 0.503. The van der Waals surface area contributed by atoms with Gasteiger partial charge in [-0.25, -0.2) is 0 Å². The summed E-state index contributed by atoms with van der Waals surface area (Å²) >= 11 is 0. The van der Waals surface area contributed by atoms with Gasteiger partial charge in [0.15, 0.2) is 0 Å². The number of unbranched alkanes of at least 4 members (excludes halogenated alkanes) is 6. The van der Waals surface area contributed by atoms with Crippen LogP contribution < -0.4 is 0 Å². The summed E-state index contributed by atoms with van der Waals surface area (Å²) in [7, 11) is -0.101. The molecule has 1 saturated carbocycles. The molecular formula is C24H50O5Si. The average Bonchev–Trinajstić information content (AvgIpc) is 2.76. The van der Waals surface area contributed by atoms with E-state index < -0.39 is 9.28 Å². The number of hydrogen-bond acceptors (Lipinski definition) is 5. The van der Waals surface area contributed by atoms with Gasteiger partial charge in [0.05, 0.1) is 17.9 Å². The molecule has 0 aromatic carbocycles. The van der Waals surface area contributed by atoms with E-state index in [1.165, 1.54) is 38.5 Å². The Morgan fingerprint density at radius 3 is 1.93 bits per heavy atom. The van der Waals surface area contributed by atoms with Gasteiger partial charge in [-0.1, -0.05) is 59.3 Å². The van der Waals surface area contributed by atoms with Crippen LogP contribution in [-0.4, -0.2) is 59.3 Å². The second kappa shape index (κ2) is 18.6. The second-order valence-corrected chi connectivity index (χ2v) is 11.0. The van der Waals surface area contributed by atoms with E-state index in [2.05, 4.69) is 20.8 Å². The maximum absolute atomic E-state index is 10.4. The van der Waals surface area contributed by atoms with E-state index >= 15 is 0 Å². The van der Waals surface area contributed by atoms with E-state index in [0.29, 0.717) is 5.92 Å². The van der Waals surface area contributed by atoms with Gasteiger partial charge in [-0.05, 0) is 50.9 Å². The number of methoxy groups -OCH3 is 1. The summed E-state index contributed by atoms with van der Waals surface area (Å²) in [5.41, 5.74) is 0.0641. The molecule has 0 heterocycles. The summed E-state index contributed by atoms with van der Waals surface area (Å²) in [6.45, 7) is 8.95. The molecule has 30 heavy (non-hydrogen) atoms. The number of ether oxygens (including phenoxy) is 2. The van der Waals surface area contributed by atoms with Crippen LogP contribution in [0.3, 0.4) is 0 Å². The Labute approximate surface area is 188 Å². The summed E-state index contributed by atoms with van der Waals surface area (Å²) in [6.07, 6.45) is 13.8. The lowest BCUT2D eigenvalue weighted by Gasteiger charge is -2.35. The standard InChI is InChI=1S/C24H50O5Si/c1-5-8-11-16-27-23-19-21(14-15-22(23)25)20-24(26-4)30(28-17-12-9-6-2)29-18-13-10-7-3/h21-25,30H,5-20H2,1-4H3. The fourth-order valence-corrected chi connectivity index (χ4v) is 6.34. The molecular weight excluding hydrogens is 396 g/mol. The van der Waals surface area contributed by atoms with Crippen molar-refractivity contribution in [2.75, 3.05) is 26.9 Å². The lowest BCUT2D eigenvalue weighted by molar-refractivity contribution is -0.0762. The van der Waals surface area contributed by atoms with E-state index in [-0.39, 0.29) is 17.9 Å². The summed E-state index contributed by atoms with van der Waals surface area (Å²) in [5, 5.41) is 10.4. The average molecular weight is 447 g/mol. The van der Waals surface area contributed by atoms with Crippen LogP contribution in [0.15, 0.2) is 0 Å². The van der Waals surface area contributed by atoms with E-state index in [9.17, 15) is 5.11 Å². The predicted octanol–water partition coefficient (Wildman–Crippen LogP) is 5.30. The molecule has 5 nitrogen and oxygen atoms in total. The Morgan fingerprint density at radius 1 is 0.833 bits per heavy atom. The molecule has 180 valence electrons. The monoisotopic (exact) mass is 446 g/mol. The summed E-state index contributed by atoms with van der Waals surface area (Å²) in [6, 6.07) is 0. The molecule has 0 aliphatic heterocycles. The van der Waals surface area contributed by atoms with Crippen molar-refractivity contribution in [3.8, 4) is 0 Å². The van der Waals surface area contributed by atoms with Crippen LogP contribution in [0.2, 0.25) is 0 Å². The quantitative estimate of drug-likeness (QED) is 0.215. The SMILES string of the molecule is CCCCCOC1CC(CC(OC)[SiH](OCCCCC)OCCCCC)CCC1O. The highest BCUT2D eigenvalue weighted by atomic mass is 28.3. The van der Waals surface area contributed by atoms with Gasteiger partial charge in [0.25, 0.3) is 0 Å². The van der Waals surface area contributed by atoms with Gasteiger partial charge in [-0.2, -0.15) is 0 Å². The maximum Gasteiger partial charge on any atom is 0.351 e. The fraction of sp³-hybridized carbons (Fsp3) is 1.00. The lowest BCUT2D eigenvalue weighted by atomic mass is 9.83. The first-order chi connectivity index (χ1) is 14.7. The normalized spacial score (nSPS) is 23.2. The molecule has 0 spiro atoms. The van der Waals surface area contributed by atoms with Gasteiger partial charge in [-0.15, -0.1) is 0 Å². The Kier molecular flexibility index (Phi) is 17.4. The highest BCUT2D eigenvalue weighted by Gasteiger charge is 2.35. The van der Waals surface area contributed by atoms with Crippen LogP contribution in [0, 0.1) is 5.92 Å². The molecule has 0 aromatic heterocycles.